The minimum Gasteiger partial charge on any atom is -0.374 e. The van der Waals surface area contributed by atoms with E-state index in [0.717, 1.165) is 36.4 Å². The summed E-state index contributed by atoms with van der Waals surface area (Å²) in [5.41, 5.74) is -3.03. The number of para-hydroxylation sites is 1. The number of amides is 1. The van der Waals surface area contributed by atoms with E-state index in [9.17, 15) is 23.1 Å². The average molecular weight is 425 g/mol. The second kappa shape index (κ2) is 7.38. The monoisotopic (exact) mass is 425 g/mol. The fraction of sp³-hybridized carbons (Fsp3) is 0.444. The van der Waals surface area contributed by atoms with Crippen molar-refractivity contribution in [2.75, 3.05) is 0 Å². The van der Waals surface area contributed by atoms with Gasteiger partial charge < -0.3 is 15.0 Å². The van der Waals surface area contributed by atoms with Gasteiger partial charge in [-0.2, -0.15) is 13.2 Å². The maximum Gasteiger partial charge on any atom is 0.424 e. The van der Waals surface area contributed by atoms with Crippen LogP contribution < -0.4 is 5.32 Å². The molecule has 0 spiro atoms. The SMILES string of the molecule is O=C(CC(O)(c1nc2ccccc2s1)C(F)(F)F)NCc1nnc2n1CCCC2. The highest BCUT2D eigenvalue weighted by Gasteiger charge is 2.58. The van der Waals surface area contributed by atoms with Crippen LogP contribution in [0, 0.1) is 0 Å². The number of hydrogen-bond acceptors (Lipinski definition) is 6. The van der Waals surface area contributed by atoms with Crippen molar-refractivity contribution in [3.63, 3.8) is 0 Å². The van der Waals surface area contributed by atoms with Crippen LogP contribution >= 0.6 is 11.3 Å². The number of benzene rings is 1. The highest BCUT2D eigenvalue weighted by atomic mass is 32.1. The van der Waals surface area contributed by atoms with Crippen LogP contribution in [0.25, 0.3) is 10.2 Å². The van der Waals surface area contributed by atoms with Gasteiger partial charge in [-0.05, 0) is 25.0 Å². The van der Waals surface area contributed by atoms with Crippen LogP contribution in [-0.4, -0.2) is 36.9 Å². The maximum absolute atomic E-state index is 13.7. The molecule has 1 aliphatic rings. The first-order valence-electron chi connectivity index (χ1n) is 9.11. The van der Waals surface area contributed by atoms with E-state index < -0.39 is 29.1 Å². The predicted molar refractivity (Wildman–Crippen MR) is 99.0 cm³/mol. The number of carbonyl (C=O) groups is 1. The quantitative estimate of drug-likeness (QED) is 0.656. The zero-order valence-electron chi connectivity index (χ0n) is 15.2. The second-order valence-electron chi connectivity index (χ2n) is 6.94. The molecule has 0 saturated heterocycles. The van der Waals surface area contributed by atoms with Crippen LogP contribution in [0.1, 0.15) is 35.9 Å². The third-order valence-electron chi connectivity index (χ3n) is 4.91. The summed E-state index contributed by atoms with van der Waals surface area (Å²) in [5.74, 6) is 0.350. The summed E-state index contributed by atoms with van der Waals surface area (Å²) in [6, 6.07) is 6.48. The van der Waals surface area contributed by atoms with Crippen LogP contribution in [-0.2, 0) is 29.9 Å². The van der Waals surface area contributed by atoms with Gasteiger partial charge in [0, 0.05) is 13.0 Å². The minimum absolute atomic E-state index is 0.0559. The number of nitrogens with one attached hydrogen (secondary N) is 1. The Kier molecular flexibility index (Phi) is 5.03. The molecule has 1 amide bonds. The lowest BCUT2D eigenvalue weighted by Crippen LogP contribution is -2.46. The number of halogens is 3. The first-order chi connectivity index (χ1) is 13.8. The van der Waals surface area contributed by atoms with Gasteiger partial charge in [0.15, 0.2) is 5.82 Å². The van der Waals surface area contributed by atoms with Crippen molar-refractivity contribution in [3.8, 4) is 0 Å². The molecule has 2 aromatic heterocycles. The second-order valence-corrected chi connectivity index (χ2v) is 7.97. The molecule has 1 unspecified atom stereocenters. The Morgan fingerprint density at radius 3 is 2.79 bits per heavy atom. The largest absolute Gasteiger partial charge is 0.424 e. The van der Waals surface area contributed by atoms with Crippen molar-refractivity contribution in [2.45, 2.75) is 50.6 Å². The number of fused-ring (bicyclic) bond motifs is 2. The summed E-state index contributed by atoms with van der Waals surface area (Å²) in [7, 11) is 0. The van der Waals surface area contributed by atoms with Gasteiger partial charge in [0.05, 0.1) is 23.2 Å². The molecule has 3 aromatic rings. The molecule has 3 heterocycles. The molecule has 1 aromatic carbocycles. The fourth-order valence-electron chi connectivity index (χ4n) is 3.32. The summed E-state index contributed by atoms with van der Waals surface area (Å²) in [5, 5.41) is 20.4. The summed E-state index contributed by atoms with van der Waals surface area (Å²) in [6.07, 6.45) is -3.50. The fourth-order valence-corrected chi connectivity index (χ4v) is 4.39. The third-order valence-corrected chi connectivity index (χ3v) is 6.10. The topological polar surface area (TPSA) is 92.9 Å². The van der Waals surface area contributed by atoms with E-state index >= 15 is 0 Å². The molecule has 0 bridgehead atoms. The van der Waals surface area contributed by atoms with Crippen molar-refractivity contribution < 1.29 is 23.1 Å². The maximum atomic E-state index is 13.7. The number of rotatable bonds is 5. The lowest BCUT2D eigenvalue weighted by Gasteiger charge is -2.27. The number of hydrogen-bond donors (Lipinski definition) is 2. The van der Waals surface area contributed by atoms with Crippen molar-refractivity contribution in [1.82, 2.24) is 25.1 Å². The van der Waals surface area contributed by atoms with Crippen LogP contribution in [0.5, 0.6) is 0 Å². The van der Waals surface area contributed by atoms with Gasteiger partial charge in [0.1, 0.15) is 10.8 Å². The number of aliphatic hydroxyl groups is 1. The van der Waals surface area contributed by atoms with E-state index in [0.29, 0.717) is 22.6 Å². The van der Waals surface area contributed by atoms with Gasteiger partial charge in [-0.15, -0.1) is 21.5 Å². The summed E-state index contributed by atoms with van der Waals surface area (Å²) < 4.78 is 43.6. The molecule has 7 nitrogen and oxygen atoms in total. The van der Waals surface area contributed by atoms with E-state index in [-0.39, 0.29) is 6.54 Å². The summed E-state index contributed by atoms with van der Waals surface area (Å²) >= 11 is 0.720. The number of carbonyl (C=O) groups excluding carboxylic acids is 1. The Balaban J connectivity index is 1.52. The molecular formula is C18H18F3N5O2S. The molecular weight excluding hydrogens is 407 g/mol. The molecule has 154 valence electrons. The average Bonchev–Trinajstić information content (AvgIpc) is 3.30. The van der Waals surface area contributed by atoms with Gasteiger partial charge >= 0.3 is 6.18 Å². The molecule has 4 rings (SSSR count). The number of aryl methyl sites for hydroxylation is 1. The Morgan fingerprint density at radius 1 is 1.24 bits per heavy atom. The van der Waals surface area contributed by atoms with Crippen LogP contribution in [0.15, 0.2) is 24.3 Å². The zero-order valence-corrected chi connectivity index (χ0v) is 16.1. The Hall–Kier alpha value is -2.53. The van der Waals surface area contributed by atoms with E-state index in [2.05, 4.69) is 20.5 Å². The number of nitrogens with zero attached hydrogens (tertiary/aromatic N) is 4. The first-order valence-corrected chi connectivity index (χ1v) is 9.92. The van der Waals surface area contributed by atoms with Crippen molar-refractivity contribution in [2.24, 2.45) is 0 Å². The normalized spacial score (nSPS) is 16.4. The molecule has 2 N–H and O–H groups in total. The molecule has 1 atom stereocenters. The number of thiazole rings is 1. The lowest BCUT2D eigenvalue weighted by molar-refractivity contribution is -0.267. The Labute approximate surface area is 167 Å². The number of aromatic nitrogens is 4. The smallest absolute Gasteiger partial charge is 0.374 e. The standard InChI is InChI=1S/C18H18F3N5O2S/c19-18(20,21)17(28,16-23-11-5-1-2-6-12(11)29-16)9-15(27)22-10-14-25-24-13-7-3-4-8-26(13)14/h1-2,5-6,28H,3-4,7-10H2,(H,22,27). The van der Waals surface area contributed by atoms with Gasteiger partial charge in [0.2, 0.25) is 11.5 Å². The zero-order chi connectivity index (χ0) is 20.6. The van der Waals surface area contributed by atoms with E-state index in [1.165, 1.54) is 0 Å². The third kappa shape index (κ3) is 3.71. The molecule has 0 aliphatic carbocycles. The van der Waals surface area contributed by atoms with Gasteiger partial charge in [-0.1, -0.05) is 12.1 Å². The van der Waals surface area contributed by atoms with E-state index in [4.69, 9.17) is 0 Å². The Bertz CT molecular complexity index is 1010. The number of alkyl halides is 3. The van der Waals surface area contributed by atoms with Crippen molar-refractivity contribution in [3.05, 3.63) is 40.9 Å². The molecule has 0 radical (unpaired) electrons. The molecule has 11 heteroatoms. The molecule has 1 aliphatic heterocycles. The Morgan fingerprint density at radius 2 is 2.03 bits per heavy atom. The highest BCUT2D eigenvalue weighted by Crippen LogP contribution is 2.44. The van der Waals surface area contributed by atoms with Crippen molar-refractivity contribution in [1.29, 1.82) is 0 Å². The van der Waals surface area contributed by atoms with Gasteiger partial charge in [0.25, 0.3) is 0 Å². The van der Waals surface area contributed by atoms with E-state index in [1.54, 1.807) is 24.3 Å². The van der Waals surface area contributed by atoms with Crippen LogP contribution in [0.4, 0.5) is 13.2 Å². The minimum atomic E-state index is -5.06. The van der Waals surface area contributed by atoms with Crippen LogP contribution in [0.2, 0.25) is 0 Å². The lowest BCUT2D eigenvalue weighted by atomic mass is 9.99. The predicted octanol–water partition coefficient (Wildman–Crippen LogP) is 2.68. The molecule has 0 saturated carbocycles. The first kappa shape index (κ1) is 19.8. The summed E-state index contributed by atoms with van der Waals surface area (Å²) in [6.45, 7) is 0.658. The van der Waals surface area contributed by atoms with Crippen LogP contribution in [0.3, 0.4) is 0 Å². The highest BCUT2D eigenvalue weighted by molar-refractivity contribution is 7.18. The summed E-state index contributed by atoms with van der Waals surface area (Å²) in [4.78, 5) is 16.2. The van der Waals surface area contributed by atoms with Gasteiger partial charge in [-0.25, -0.2) is 4.98 Å². The molecule has 0 fully saturated rings. The van der Waals surface area contributed by atoms with Gasteiger partial charge in [-0.3, -0.25) is 4.79 Å². The van der Waals surface area contributed by atoms with Crippen molar-refractivity contribution >= 4 is 27.5 Å². The van der Waals surface area contributed by atoms with E-state index in [1.807, 2.05) is 4.57 Å². The molecule has 29 heavy (non-hydrogen) atoms.